The van der Waals surface area contributed by atoms with Gasteiger partial charge in [0.25, 0.3) is 10.0 Å². The summed E-state index contributed by atoms with van der Waals surface area (Å²) in [7, 11) is -1.18. The van der Waals surface area contributed by atoms with Crippen molar-refractivity contribution >= 4 is 21.6 Å². The number of amides is 1. The number of sulfonamides is 1. The van der Waals surface area contributed by atoms with Crippen LogP contribution in [-0.4, -0.2) is 35.1 Å². The van der Waals surface area contributed by atoms with Gasteiger partial charge in [-0.2, -0.15) is 0 Å². The van der Waals surface area contributed by atoms with Crippen molar-refractivity contribution in [3.05, 3.63) is 83.4 Å². The fraction of sp³-hybridized carbons (Fsp3) is 0.296. The Kier molecular flexibility index (Phi) is 8.40. The number of anilines is 1. The van der Waals surface area contributed by atoms with E-state index in [4.69, 9.17) is 9.47 Å². The lowest BCUT2D eigenvalue weighted by molar-refractivity contribution is -0.120. The van der Waals surface area contributed by atoms with E-state index >= 15 is 0 Å². The minimum atomic E-state index is -4.10. The maximum atomic E-state index is 13.7. The normalized spacial score (nSPS) is 12.0. The van der Waals surface area contributed by atoms with Gasteiger partial charge in [-0.1, -0.05) is 54.4 Å². The average Bonchev–Trinajstić information content (AvgIpc) is 2.86. The van der Waals surface area contributed by atoms with Crippen molar-refractivity contribution < 1.29 is 22.7 Å². The minimum absolute atomic E-state index is 0.00546. The first-order valence-corrected chi connectivity index (χ1v) is 12.8. The van der Waals surface area contributed by atoms with E-state index in [1.165, 1.54) is 32.4 Å². The molecule has 3 aromatic carbocycles. The SMILES string of the molecule is CC[C@@H](NC(=O)CN(c1ccc(C)cc1)S(=O)(=O)c1ccc(OC)c(OC)c1)c1ccc(C)cc1. The van der Waals surface area contributed by atoms with E-state index in [0.29, 0.717) is 17.9 Å². The highest BCUT2D eigenvalue weighted by atomic mass is 32.2. The molecule has 1 N–H and O–H groups in total. The van der Waals surface area contributed by atoms with Crippen LogP contribution >= 0.6 is 0 Å². The van der Waals surface area contributed by atoms with Gasteiger partial charge in [0, 0.05) is 6.07 Å². The first-order valence-electron chi connectivity index (χ1n) is 11.4. The molecule has 1 amide bonds. The van der Waals surface area contributed by atoms with Gasteiger partial charge in [-0.05, 0) is 50.1 Å². The summed E-state index contributed by atoms with van der Waals surface area (Å²) in [5, 5.41) is 2.99. The van der Waals surface area contributed by atoms with Crippen LogP contribution in [-0.2, 0) is 14.8 Å². The van der Waals surface area contributed by atoms with Crippen molar-refractivity contribution in [2.24, 2.45) is 0 Å². The summed E-state index contributed by atoms with van der Waals surface area (Å²) in [6, 6.07) is 19.1. The number of ether oxygens (including phenoxy) is 2. The second kappa shape index (κ2) is 11.3. The van der Waals surface area contributed by atoms with Gasteiger partial charge in [-0.25, -0.2) is 8.42 Å². The summed E-state index contributed by atoms with van der Waals surface area (Å²) in [6.45, 7) is 5.52. The van der Waals surface area contributed by atoms with Crippen LogP contribution in [0.15, 0.2) is 71.6 Å². The van der Waals surface area contributed by atoms with Crippen LogP contribution in [0.1, 0.15) is 36.1 Å². The smallest absolute Gasteiger partial charge is 0.264 e. The number of benzene rings is 3. The zero-order chi connectivity index (χ0) is 25.6. The molecule has 0 spiro atoms. The third-order valence-electron chi connectivity index (χ3n) is 5.78. The van der Waals surface area contributed by atoms with Gasteiger partial charge in [0.2, 0.25) is 5.91 Å². The van der Waals surface area contributed by atoms with E-state index in [9.17, 15) is 13.2 Å². The van der Waals surface area contributed by atoms with Crippen LogP contribution in [0.2, 0.25) is 0 Å². The number of carbonyl (C=O) groups is 1. The Morgan fingerprint density at radius 3 is 2.00 bits per heavy atom. The molecule has 0 fully saturated rings. The molecule has 1 atom stereocenters. The largest absolute Gasteiger partial charge is 0.493 e. The molecule has 0 saturated heterocycles. The molecular weight excluding hydrogens is 464 g/mol. The first kappa shape index (κ1) is 26.1. The summed E-state index contributed by atoms with van der Waals surface area (Å²) < 4.78 is 39.1. The van der Waals surface area contributed by atoms with Gasteiger partial charge >= 0.3 is 0 Å². The molecule has 0 radical (unpaired) electrons. The highest BCUT2D eigenvalue weighted by Crippen LogP contribution is 2.32. The number of hydrogen-bond donors (Lipinski definition) is 1. The zero-order valence-corrected chi connectivity index (χ0v) is 21.6. The molecule has 3 aromatic rings. The molecule has 186 valence electrons. The van der Waals surface area contributed by atoms with Gasteiger partial charge in [0.05, 0.1) is 30.8 Å². The third kappa shape index (κ3) is 6.14. The summed E-state index contributed by atoms with van der Waals surface area (Å²) in [5.74, 6) is 0.296. The predicted molar refractivity (Wildman–Crippen MR) is 138 cm³/mol. The van der Waals surface area contributed by atoms with E-state index in [2.05, 4.69) is 5.32 Å². The maximum absolute atomic E-state index is 13.7. The van der Waals surface area contributed by atoms with Gasteiger partial charge < -0.3 is 14.8 Å². The Hall–Kier alpha value is -3.52. The third-order valence-corrected chi connectivity index (χ3v) is 7.55. The minimum Gasteiger partial charge on any atom is -0.493 e. The topological polar surface area (TPSA) is 84.9 Å². The molecule has 3 rings (SSSR count). The Balaban J connectivity index is 1.95. The molecule has 35 heavy (non-hydrogen) atoms. The molecule has 0 aliphatic heterocycles. The predicted octanol–water partition coefficient (Wildman–Crippen LogP) is 4.78. The Morgan fingerprint density at radius 1 is 0.886 bits per heavy atom. The van der Waals surface area contributed by atoms with Crippen molar-refractivity contribution in [2.45, 2.75) is 38.1 Å². The summed E-state index contributed by atoms with van der Waals surface area (Å²) in [5.41, 5.74) is 3.47. The van der Waals surface area contributed by atoms with Crippen molar-refractivity contribution in [3.63, 3.8) is 0 Å². The second-order valence-electron chi connectivity index (χ2n) is 8.30. The van der Waals surface area contributed by atoms with Crippen LogP contribution < -0.4 is 19.1 Å². The van der Waals surface area contributed by atoms with Crippen molar-refractivity contribution in [1.82, 2.24) is 5.32 Å². The van der Waals surface area contributed by atoms with E-state index in [0.717, 1.165) is 21.0 Å². The van der Waals surface area contributed by atoms with Crippen molar-refractivity contribution in [3.8, 4) is 11.5 Å². The number of aryl methyl sites for hydroxylation is 2. The van der Waals surface area contributed by atoms with E-state index in [1.807, 2.05) is 57.2 Å². The zero-order valence-electron chi connectivity index (χ0n) is 20.7. The van der Waals surface area contributed by atoms with Crippen molar-refractivity contribution in [2.75, 3.05) is 25.1 Å². The quantitative estimate of drug-likeness (QED) is 0.437. The summed E-state index contributed by atoms with van der Waals surface area (Å²) in [4.78, 5) is 13.1. The number of methoxy groups -OCH3 is 2. The van der Waals surface area contributed by atoms with Gasteiger partial charge in [-0.15, -0.1) is 0 Å². The van der Waals surface area contributed by atoms with E-state index < -0.39 is 15.9 Å². The lowest BCUT2D eigenvalue weighted by Crippen LogP contribution is -2.42. The number of carbonyl (C=O) groups excluding carboxylic acids is 1. The van der Waals surface area contributed by atoms with Crippen LogP contribution in [0.25, 0.3) is 0 Å². The fourth-order valence-corrected chi connectivity index (χ4v) is 5.16. The summed E-state index contributed by atoms with van der Waals surface area (Å²) >= 11 is 0. The van der Waals surface area contributed by atoms with E-state index in [-0.39, 0.29) is 23.2 Å². The standard InChI is InChI=1S/C27H32N2O5S/c1-6-24(21-11-7-19(2)8-12-21)28-27(30)18-29(22-13-9-20(3)10-14-22)35(31,32)23-15-16-25(33-4)26(17-23)34-5/h7-17,24H,6,18H2,1-5H3,(H,28,30)/t24-/m1/s1. The van der Waals surface area contributed by atoms with Crippen LogP contribution in [0.5, 0.6) is 11.5 Å². The van der Waals surface area contributed by atoms with Gasteiger partial charge in [0.15, 0.2) is 11.5 Å². The molecule has 0 bridgehead atoms. The molecule has 0 aliphatic carbocycles. The molecule has 0 saturated carbocycles. The molecule has 7 nitrogen and oxygen atoms in total. The summed E-state index contributed by atoms with van der Waals surface area (Å²) in [6.07, 6.45) is 0.668. The molecular formula is C27H32N2O5S. The lowest BCUT2D eigenvalue weighted by atomic mass is 10.0. The average molecular weight is 497 g/mol. The molecule has 8 heteroatoms. The Labute approximate surface area is 207 Å². The maximum Gasteiger partial charge on any atom is 0.264 e. The highest BCUT2D eigenvalue weighted by Gasteiger charge is 2.29. The lowest BCUT2D eigenvalue weighted by Gasteiger charge is -2.26. The Morgan fingerprint density at radius 2 is 1.46 bits per heavy atom. The molecule has 0 heterocycles. The highest BCUT2D eigenvalue weighted by molar-refractivity contribution is 7.92. The number of rotatable bonds is 10. The van der Waals surface area contributed by atoms with Crippen LogP contribution in [0.3, 0.4) is 0 Å². The van der Waals surface area contributed by atoms with Gasteiger partial charge in [-0.3, -0.25) is 9.10 Å². The number of nitrogens with zero attached hydrogens (tertiary/aromatic N) is 1. The number of hydrogen-bond acceptors (Lipinski definition) is 5. The van der Waals surface area contributed by atoms with Gasteiger partial charge in [0.1, 0.15) is 6.54 Å². The first-order chi connectivity index (χ1) is 16.7. The monoisotopic (exact) mass is 496 g/mol. The van der Waals surface area contributed by atoms with Crippen molar-refractivity contribution in [1.29, 1.82) is 0 Å². The molecule has 0 unspecified atom stereocenters. The fourth-order valence-electron chi connectivity index (χ4n) is 3.72. The Bertz CT molecular complexity index is 1260. The second-order valence-corrected chi connectivity index (χ2v) is 10.2. The van der Waals surface area contributed by atoms with Crippen LogP contribution in [0, 0.1) is 13.8 Å². The van der Waals surface area contributed by atoms with E-state index in [1.54, 1.807) is 12.1 Å². The molecule has 0 aromatic heterocycles. The molecule has 0 aliphatic rings. The number of nitrogens with one attached hydrogen (secondary N) is 1. The van der Waals surface area contributed by atoms with Crippen LogP contribution in [0.4, 0.5) is 5.69 Å².